The van der Waals surface area contributed by atoms with Gasteiger partial charge in [0.2, 0.25) is 0 Å². The fourth-order valence-corrected chi connectivity index (χ4v) is 3.64. The van der Waals surface area contributed by atoms with Gasteiger partial charge in [0, 0.05) is 24.4 Å². The van der Waals surface area contributed by atoms with E-state index in [1.165, 1.54) is 12.1 Å². The smallest absolute Gasteiger partial charge is 0.335 e. The van der Waals surface area contributed by atoms with Gasteiger partial charge in [0.25, 0.3) is 0 Å². The molecule has 3 rings (SSSR count). The van der Waals surface area contributed by atoms with Crippen molar-refractivity contribution in [2.24, 2.45) is 0 Å². The van der Waals surface area contributed by atoms with Crippen molar-refractivity contribution in [3.05, 3.63) is 72.1 Å². The second-order valence-corrected chi connectivity index (χ2v) is 9.06. The fourth-order valence-electron chi connectivity index (χ4n) is 2.98. The largest absolute Gasteiger partial charge is 0.487 e. The van der Waals surface area contributed by atoms with Crippen LogP contribution in [0, 0.1) is 0 Å². The van der Waals surface area contributed by atoms with Crippen LogP contribution in [0.2, 0.25) is 0 Å². The van der Waals surface area contributed by atoms with Gasteiger partial charge in [0.05, 0.1) is 17.2 Å². The molecule has 0 fully saturated rings. The van der Waals surface area contributed by atoms with E-state index in [0.29, 0.717) is 28.4 Å². The summed E-state index contributed by atoms with van der Waals surface area (Å²) in [5.41, 5.74) is 1.82. The summed E-state index contributed by atoms with van der Waals surface area (Å²) in [4.78, 5) is 20.6. The monoisotopic (exact) mass is 456 g/mol. The second kappa shape index (κ2) is 10.3. The summed E-state index contributed by atoms with van der Waals surface area (Å²) in [5, 5.41) is 10.1. The molecule has 0 unspecified atom stereocenters. The molecule has 1 aromatic heterocycles. The van der Waals surface area contributed by atoms with Gasteiger partial charge < -0.3 is 14.6 Å². The summed E-state index contributed by atoms with van der Waals surface area (Å²) < 4.78 is 34.4. The van der Waals surface area contributed by atoms with E-state index in [0.717, 1.165) is 6.26 Å². The average Bonchev–Trinajstić information content (AvgIpc) is 2.78. The zero-order chi connectivity index (χ0) is 23.1. The predicted molar refractivity (Wildman–Crippen MR) is 118 cm³/mol. The Kier molecular flexibility index (Phi) is 7.55. The van der Waals surface area contributed by atoms with Gasteiger partial charge in [0.1, 0.15) is 12.4 Å². The topological polar surface area (TPSA) is 116 Å². The number of aliphatic hydroxyl groups is 1. The summed E-state index contributed by atoms with van der Waals surface area (Å²) in [6.07, 6.45) is 1.49. The molecule has 0 aliphatic rings. The number of hydrogen-bond donors (Lipinski definition) is 1. The summed E-state index contributed by atoms with van der Waals surface area (Å²) in [7, 11) is -3.35. The zero-order valence-electron chi connectivity index (χ0n) is 17.8. The van der Waals surface area contributed by atoms with Crippen molar-refractivity contribution in [1.29, 1.82) is 0 Å². The minimum Gasteiger partial charge on any atom is -0.487 e. The van der Waals surface area contributed by atoms with Crippen LogP contribution < -0.4 is 4.74 Å². The molecule has 168 valence electrons. The van der Waals surface area contributed by atoms with E-state index in [2.05, 4.69) is 9.97 Å². The number of esters is 1. The van der Waals surface area contributed by atoms with Gasteiger partial charge in [-0.2, -0.15) is 0 Å². The van der Waals surface area contributed by atoms with Gasteiger partial charge in [-0.05, 0) is 36.8 Å². The number of sulfone groups is 1. The van der Waals surface area contributed by atoms with Gasteiger partial charge in [-0.15, -0.1) is 0 Å². The number of nitrogens with zero attached hydrogens (tertiary/aromatic N) is 2. The highest BCUT2D eigenvalue weighted by molar-refractivity contribution is 7.90. The number of aliphatic hydroxyl groups excluding tert-OH is 1. The number of hydrogen-bond acceptors (Lipinski definition) is 8. The molecule has 0 saturated carbocycles. The van der Waals surface area contributed by atoms with Crippen LogP contribution in [0.15, 0.2) is 65.7 Å². The third-order valence-electron chi connectivity index (χ3n) is 4.55. The molecule has 1 atom stereocenters. The van der Waals surface area contributed by atoms with Crippen LogP contribution >= 0.6 is 0 Å². The minimum atomic E-state index is -3.35. The van der Waals surface area contributed by atoms with E-state index < -0.39 is 21.9 Å². The molecule has 0 saturated heterocycles. The maximum Gasteiger partial charge on any atom is 0.335 e. The molecule has 0 amide bonds. The number of rotatable bonds is 9. The van der Waals surface area contributed by atoms with Gasteiger partial charge >= 0.3 is 5.97 Å². The van der Waals surface area contributed by atoms with Crippen LogP contribution in [-0.4, -0.2) is 48.4 Å². The number of carbonyl (C=O) groups excluding carboxylic acids is 1. The minimum absolute atomic E-state index is 0.0579. The Balaban J connectivity index is 1.75. The van der Waals surface area contributed by atoms with Gasteiger partial charge in [-0.1, -0.05) is 30.3 Å². The van der Waals surface area contributed by atoms with Crippen molar-refractivity contribution < 1.29 is 27.8 Å². The molecule has 1 N–H and O–H groups in total. The number of ether oxygens (including phenoxy) is 2. The third kappa shape index (κ3) is 6.12. The van der Waals surface area contributed by atoms with E-state index in [-0.39, 0.29) is 24.5 Å². The molecule has 0 radical (unpaired) electrons. The summed E-state index contributed by atoms with van der Waals surface area (Å²) in [6.45, 7) is 1.99. The van der Waals surface area contributed by atoms with Gasteiger partial charge in [-0.25, -0.2) is 23.2 Å². The van der Waals surface area contributed by atoms with Gasteiger partial charge in [-0.3, -0.25) is 0 Å². The van der Waals surface area contributed by atoms with Crippen LogP contribution in [0.3, 0.4) is 0 Å². The molecule has 8 nitrogen and oxygen atoms in total. The van der Waals surface area contributed by atoms with Crippen LogP contribution in [0.5, 0.6) is 5.75 Å². The summed E-state index contributed by atoms with van der Waals surface area (Å²) in [5.74, 6) is 0.205. The Morgan fingerprint density at radius 1 is 1.12 bits per heavy atom. The van der Waals surface area contributed by atoms with Crippen molar-refractivity contribution in [2.45, 2.75) is 31.0 Å². The molecule has 9 heteroatoms. The molecule has 3 aromatic rings. The highest BCUT2D eigenvalue weighted by atomic mass is 32.2. The Bertz CT molecular complexity index is 1200. The van der Waals surface area contributed by atoms with Gasteiger partial charge in [0.15, 0.2) is 21.8 Å². The quantitative estimate of drug-likeness (QED) is 0.489. The van der Waals surface area contributed by atoms with Crippen molar-refractivity contribution in [2.75, 3.05) is 12.9 Å². The van der Waals surface area contributed by atoms with E-state index in [1.54, 1.807) is 55.6 Å². The lowest BCUT2D eigenvalue weighted by atomic mass is 10.1. The molecule has 1 heterocycles. The first kappa shape index (κ1) is 23.4. The number of para-hydroxylation sites is 1. The Hall–Kier alpha value is -3.30. The van der Waals surface area contributed by atoms with Crippen LogP contribution in [0.25, 0.3) is 11.4 Å². The highest BCUT2D eigenvalue weighted by Crippen LogP contribution is 2.22. The first-order chi connectivity index (χ1) is 15.3. The predicted octanol–water partition coefficient (Wildman–Crippen LogP) is 2.59. The first-order valence-corrected chi connectivity index (χ1v) is 11.8. The molecule has 0 aliphatic heterocycles. The van der Waals surface area contributed by atoms with E-state index in [1.807, 2.05) is 0 Å². The number of benzene rings is 2. The molecule has 2 aromatic carbocycles. The average molecular weight is 457 g/mol. The van der Waals surface area contributed by atoms with E-state index >= 15 is 0 Å². The number of carbonyl (C=O) groups is 1. The Labute approximate surface area is 186 Å². The Morgan fingerprint density at radius 3 is 2.66 bits per heavy atom. The van der Waals surface area contributed by atoms with Crippen LogP contribution in [0.1, 0.15) is 18.2 Å². The van der Waals surface area contributed by atoms with Crippen molar-refractivity contribution >= 4 is 15.8 Å². The Morgan fingerprint density at radius 2 is 1.91 bits per heavy atom. The molecule has 0 spiro atoms. The maximum absolute atomic E-state index is 11.8. The lowest BCUT2D eigenvalue weighted by molar-refractivity contribution is -0.152. The van der Waals surface area contributed by atoms with Crippen molar-refractivity contribution in [3.63, 3.8) is 0 Å². The highest BCUT2D eigenvalue weighted by Gasteiger charge is 2.19. The zero-order valence-corrected chi connectivity index (χ0v) is 18.6. The third-order valence-corrected chi connectivity index (χ3v) is 5.66. The molecule has 0 bridgehead atoms. The van der Waals surface area contributed by atoms with Crippen LogP contribution in [0.4, 0.5) is 0 Å². The van der Waals surface area contributed by atoms with Crippen molar-refractivity contribution in [3.8, 4) is 17.1 Å². The fraction of sp³-hybridized carbons (Fsp3) is 0.261. The lowest BCUT2D eigenvalue weighted by Gasteiger charge is -2.14. The lowest BCUT2D eigenvalue weighted by Crippen LogP contribution is -2.25. The summed E-state index contributed by atoms with van der Waals surface area (Å²) in [6, 6.07) is 15.2. The normalized spacial score (nSPS) is 12.2. The molecule has 0 aliphatic carbocycles. The molecular formula is C23H24N2O6S. The number of aromatic nitrogens is 2. The maximum atomic E-state index is 11.8. The van der Waals surface area contributed by atoms with E-state index in [9.17, 15) is 18.3 Å². The summed E-state index contributed by atoms with van der Waals surface area (Å²) >= 11 is 0. The van der Waals surface area contributed by atoms with E-state index in [4.69, 9.17) is 9.47 Å². The molecule has 32 heavy (non-hydrogen) atoms. The van der Waals surface area contributed by atoms with Crippen LogP contribution in [-0.2, 0) is 32.4 Å². The molecular weight excluding hydrogens is 432 g/mol. The first-order valence-electron chi connectivity index (χ1n) is 9.95. The SMILES string of the molecule is CCOC(=O)[C@@H](O)Cc1ccccc1OCc1ccnc(-c2cccc(S(C)(=O)=O)c2)n1. The standard InChI is InChI=1S/C23H24N2O6S/c1-3-30-23(27)20(26)14-16-7-4-5-10-21(16)31-15-18-11-12-24-22(25-18)17-8-6-9-19(13-17)32(2,28)29/h4-13,20,26H,3,14-15H2,1-2H3/t20-/m0/s1. The second-order valence-electron chi connectivity index (χ2n) is 7.04. The van der Waals surface area contributed by atoms with Crippen molar-refractivity contribution in [1.82, 2.24) is 9.97 Å².